The molecule has 6 heteroatoms. The summed E-state index contributed by atoms with van der Waals surface area (Å²) in [4.78, 5) is 2.58. The second kappa shape index (κ2) is 6.87. The predicted octanol–water partition coefficient (Wildman–Crippen LogP) is 0.949. The van der Waals surface area contributed by atoms with Crippen molar-refractivity contribution in [1.82, 2.24) is 9.62 Å². The summed E-state index contributed by atoms with van der Waals surface area (Å²) < 4.78 is 27.7. The molecule has 0 bridgehead atoms. The van der Waals surface area contributed by atoms with Crippen molar-refractivity contribution >= 4 is 10.0 Å². The van der Waals surface area contributed by atoms with Gasteiger partial charge in [-0.25, -0.2) is 13.1 Å². The van der Waals surface area contributed by atoms with Crippen LogP contribution in [0.15, 0.2) is 29.2 Å². The van der Waals surface area contributed by atoms with Crippen molar-refractivity contribution in [3.05, 3.63) is 29.8 Å². The Morgan fingerprint density at radius 2 is 2.00 bits per heavy atom. The van der Waals surface area contributed by atoms with Gasteiger partial charge in [0.25, 0.3) is 0 Å². The zero-order chi connectivity index (χ0) is 15.5. The number of likely N-dealkylation sites (tertiary alicyclic amines) is 1. The number of nitrogens with one attached hydrogen (secondary N) is 1. The van der Waals surface area contributed by atoms with E-state index in [-0.39, 0.29) is 6.04 Å². The molecule has 21 heavy (non-hydrogen) atoms. The summed E-state index contributed by atoms with van der Waals surface area (Å²) in [5, 5.41) is 0. The molecule has 1 aromatic carbocycles. The van der Waals surface area contributed by atoms with Crippen LogP contribution in [-0.2, 0) is 16.4 Å². The van der Waals surface area contributed by atoms with E-state index in [0.29, 0.717) is 17.5 Å². The van der Waals surface area contributed by atoms with Gasteiger partial charge in [0.05, 0.1) is 4.90 Å². The van der Waals surface area contributed by atoms with Crippen LogP contribution in [0.1, 0.15) is 25.3 Å². The lowest BCUT2D eigenvalue weighted by molar-refractivity contribution is 0.178. The summed E-state index contributed by atoms with van der Waals surface area (Å²) in [5.74, 6) is 0. The molecular formula is C15H25N3O2S. The maximum atomic E-state index is 12.4. The molecule has 0 radical (unpaired) electrons. The van der Waals surface area contributed by atoms with E-state index < -0.39 is 10.0 Å². The lowest BCUT2D eigenvalue weighted by Crippen LogP contribution is -2.47. The fourth-order valence-corrected chi connectivity index (χ4v) is 3.97. The smallest absolute Gasteiger partial charge is 0.240 e. The third-order valence-corrected chi connectivity index (χ3v) is 5.73. The highest BCUT2D eigenvalue weighted by Crippen LogP contribution is 2.18. The molecule has 0 aliphatic carbocycles. The minimum Gasteiger partial charge on any atom is -0.330 e. The molecule has 1 fully saturated rings. The average molecular weight is 311 g/mol. The van der Waals surface area contributed by atoms with Gasteiger partial charge in [0.1, 0.15) is 0 Å². The number of sulfonamides is 1. The lowest BCUT2D eigenvalue weighted by atomic mass is 10.0. The van der Waals surface area contributed by atoms with Gasteiger partial charge >= 0.3 is 0 Å². The van der Waals surface area contributed by atoms with Crippen molar-refractivity contribution < 1.29 is 8.42 Å². The molecule has 0 spiro atoms. The van der Waals surface area contributed by atoms with E-state index >= 15 is 0 Å². The Bertz CT molecular complexity index is 557. The molecule has 1 heterocycles. The van der Waals surface area contributed by atoms with Crippen LogP contribution in [0.3, 0.4) is 0 Å². The highest BCUT2D eigenvalue weighted by Gasteiger charge is 2.26. The maximum absolute atomic E-state index is 12.4. The third kappa shape index (κ3) is 4.26. The highest BCUT2D eigenvalue weighted by molar-refractivity contribution is 7.89. The molecule has 2 unspecified atom stereocenters. The Hall–Kier alpha value is -0.950. The van der Waals surface area contributed by atoms with Crippen LogP contribution < -0.4 is 10.5 Å². The Balaban J connectivity index is 2.04. The van der Waals surface area contributed by atoms with E-state index in [9.17, 15) is 8.42 Å². The lowest BCUT2D eigenvalue weighted by Gasteiger charge is -2.35. The average Bonchev–Trinajstić information content (AvgIpc) is 2.44. The number of nitrogens with zero attached hydrogens (tertiary/aromatic N) is 1. The zero-order valence-corrected chi connectivity index (χ0v) is 13.6. The molecule has 0 aromatic heterocycles. The first-order valence-electron chi connectivity index (χ1n) is 7.44. The molecule has 1 aliphatic rings. The fourth-order valence-electron chi connectivity index (χ4n) is 2.69. The van der Waals surface area contributed by atoms with Gasteiger partial charge in [0.15, 0.2) is 0 Å². The highest BCUT2D eigenvalue weighted by atomic mass is 32.2. The van der Waals surface area contributed by atoms with Gasteiger partial charge in [-0.2, -0.15) is 0 Å². The van der Waals surface area contributed by atoms with E-state index in [1.54, 1.807) is 12.1 Å². The van der Waals surface area contributed by atoms with E-state index in [2.05, 4.69) is 23.6 Å². The van der Waals surface area contributed by atoms with Crippen molar-refractivity contribution in [3.8, 4) is 0 Å². The van der Waals surface area contributed by atoms with E-state index in [1.807, 2.05) is 12.1 Å². The van der Waals surface area contributed by atoms with E-state index in [1.165, 1.54) is 0 Å². The van der Waals surface area contributed by atoms with Gasteiger partial charge < -0.3 is 10.6 Å². The molecule has 118 valence electrons. The van der Waals surface area contributed by atoms with Crippen molar-refractivity contribution in [1.29, 1.82) is 0 Å². The fraction of sp³-hybridized carbons (Fsp3) is 0.600. The molecule has 1 aliphatic heterocycles. The normalized spacial score (nSPS) is 24.1. The molecule has 3 N–H and O–H groups in total. The Kier molecular flexibility index (Phi) is 5.37. The van der Waals surface area contributed by atoms with E-state index in [0.717, 1.165) is 31.4 Å². The Morgan fingerprint density at radius 3 is 2.57 bits per heavy atom. The number of benzene rings is 1. The molecule has 2 rings (SSSR count). The largest absolute Gasteiger partial charge is 0.330 e. The monoisotopic (exact) mass is 311 g/mol. The van der Waals surface area contributed by atoms with Crippen molar-refractivity contribution in [2.45, 2.75) is 43.2 Å². The second-order valence-corrected chi connectivity index (χ2v) is 7.57. The predicted molar refractivity (Wildman–Crippen MR) is 84.6 cm³/mol. The van der Waals surface area contributed by atoms with Crippen molar-refractivity contribution in [2.24, 2.45) is 5.73 Å². The number of hydrogen-bond acceptors (Lipinski definition) is 4. The quantitative estimate of drug-likeness (QED) is 0.849. The van der Waals surface area contributed by atoms with Gasteiger partial charge in [0.2, 0.25) is 10.0 Å². The second-order valence-electron chi connectivity index (χ2n) is 5.85. The van der Waals surface area contributed by atoms with Gasteiger partial charge in [-0.1, -0.05) is 12.1 Å². The number of piperidine rings is 1. The summed E-state index contributed by atoms with van der Waals surface area (Å²) >= 11 is 0. The summed E-state index contributed by atoms with van der Waals surface area (Å²) in [6.45, 7) is 3.61. The van der Waals surface area contributed by atoms with Crippen molar-refractivity contribution in [3.63, 3.8) is 0 Å². The molecule has 1 saturated heterocycles. The Labute approximate surface area is 127 Å². The topological polar surface area (TPSA) is 75.4 Å². The van der Waals surface area contributed by atoms with Crippen LogP contribution in [0, 0.1) is 0 Å². The van der Waals surface area contributed by atoms with E-state index in [4.69, 9.17) is 5.73 Å². The van der Waals surface area contributed by atoms with Crippen LogP contribution in [0.25, 0.3) is 0 Å². The molecule has 1 aromatic rings. The van der Waals surface area contributed by atoms with Crippen molar-refractivity contribution in [2.75, 3.05) is 20.1 Å². The van der Waals surface area contributed by atoms with Crippen LogP contribution in [0.2, 0.25) is 0 Å². The molecule has 2 atom stereocenters. The first-order valence-corrected chi connectivity index (χ1v) is 8.92. The summed E-state index contributed by atoms with van der Waals surface area (Å²) in [6, 6.07) is 7.40. The maximum Gasteiger partial charge on any atom is 0.240 e. The summed E-state index contributed by atoms with van der Waals surface area (Å²) in [6.07, 6.45) is 2.46. The van der Waals surface area contributed by atoms with Crippen LogP contribution in [0.5, 0.6) is 0 Å². The molecule has 5 nitrogen and oxygen atoms in total. The summed E-state index contributed by atoms with van der Waals surface area (Å²) in [7, 11) is -1.36. The first kappa shape index (κ1) is 16.4. The molecular weight excluding hydrogens is 286 g/mol. The minimum absolute atomic E-state index is 0.0184. The van der Waals surface area contributed by atoms with Gasteiger partial charge in [0, 0.05) is 12.1 Å². The van der Waals surface area contributed by atoms with Crippen LogP contribution in [-0.4, -0.2) is 45.5 Å². The van der Waals surface area contributed by atoms with Crippen LogP contribution in [0.4, 0.5) is 0 Å². The number of nitrogens with two attached hydrogens (primary N) is 1. The van der Waals surface area contributed by atoms with Gasteiger partial charge in [-0.3, -0.25) is 0 Å². The minimum atomic E-state index is -3.43. The molecule has 0 amide bonds. The molecule has 0 saturated carbocycles. The first-order chi connectivity index (χ1) is 9.92. The standard InChI is InChI=1S/C15H25N3O2S/c1-12-11-14(8-10-18(12)2)17-21(19,20)15-5-3-13(4-6-15)7-9-16/h3-6,12,14,17H,7-11,16H2,1-2H3. The van der Waals surface area contributed by atoms with Gasteiger partial charge in [-0.05, 0) is 64.0 Å². The number of rotatable bonds is 5. The summed E-state index contributed by atoms with van der Waals surface area (Å²) in [5.41, 5.74) is 6.56. The van der Waals surface area contributed by atoms with Gasteiger partial charge in [-0.15, -0.1) is 0 Å². The number of hydrogen-bond donors (Lipinski definition) is 2. The SMILES string of the molecule is CC1CC(NS(=O)(=O)c2ccc(CCN)cc2)CCN1C. The van der Waals surface area contributed by atoms with Crippen LogP contribution >= 0.6 is 0 Å². The third-order valence-electron chi connectivity index (χ3n) is 4.20. The Morgan fingerprint density at radius 1 is 1.33 bits per heavy atom. The zero-order valence-electron chi connectivity index (χ0n) is 12.7.